The van der Waals surface area contributed by atoms with Crippen molar-refractivity contribution in [1.82, 2.24) is 10.2 Å². The van der Waals surface area contributed by atoms with E-state index in [0.717, 1.165) is 6.42 Å². The molecule has 1 aliphatic carbocycles. The summed E-state index contributed by atoms with van der Waals surface area (Å²) in [7, 11) is 2.03. The number of likely N-dealkylation sites (N-methyl/N-ethyl adjacent to an activating group) is 1. The third-order valence-electron chi connectivity index (χ3n) is 5.25. The van der Waals surface area contributed by atoms with Crippen LogP contribution >= 0.6 is 0 Å². The predicted octanol–water partition coefficient (Wildman–Crippen LogP) is 2.09. The van der Waals surface area contributed by atoms with Gasteiger partial charge in [0.25, 0.3) is 0 Å². The van der Waals surface area contributed by atoms with Crippen molar-refractivity contribution in [3.8, 4) is 11.8 Å². The highest BCUT2D eigenvalue weighted by molar-refractivity contribution is 5.78. The molecule has 0 unspecified atom stereocenters. The largest absolute Gasteiger partial charge is 0.488 e. The summed E-state index contributed by atoms with van der Waals surface area (Å²) in [4.78, 5) is 14.6. The minimum Gasteiger partial charge on any atom is -0.488 e. The van der Waals surface area contributed by atoms with Gasteiger partial charge in [0.2, 0.25) is 5.91 Å². The van der Waals surface area contributed by atoms with Crippen LogP contribution in [0.1, 0.15) is 37.7 Å². The fourth-order valence-electron chi connectivity index (χ4n) is 3.73. The standard InChI is InChI=1S/C20H27N3O3/c1-23(16-4-2-3-5-16)13-20(24)22-18-14-25-11-10-19(18)26-17-8-6-15(12-21)7-9-17/h6-9,16,18-19H,2-5,10-11,13-14H2,1H3,(H,22,24)/t18-,19-/m1/s1. The van der Waals surface area contributed by atoms with Crippen molar-refractivity contribution in [2.45, 2.75) is 50.3 Å². The molecule has 1 aromatic rings. The Hall–Kier alpha value is -2.10. The molecule has 2 fully saturated rings. The second-order valence-corrected chi connectivity index (χ2v) is 7.18. The van der Waals surface area contributed by atoms with E-state index in [0.29, 0.717) is 37.1 Å². The number of carbonyl (C=O) groups is 1. The molecule has 0 aromatic heterocycles. The quantitative estimate of drug-likeness (QED) is 0.844. The molecule has 1 aliphatic heterocycles. The number of nitrogens with one attached hydrogen (secondary N) is 1. The average molecular weight is 357 g/mol. The van der Waals surface area contributed by atoms with Crippen LogP contribution in [-0.4, -0.2) is 55.8 Å². The minimum absolute atomic E-state index is 0.0170. The van der Waals surface area contributed by atoms with Gasteiger partial charge in [0.15, 0.2) is 0 Å². The Morgan fingerprint density at radius 3 is 2.73 bits per heavy atom. The number of carbonyl (C=O) groups excluding carboxylic acids is 1. The average Bonchev–Trinajstić information content (AvgIpc) is 3.19. The summed E-state index contributed by atoms with van der Waals surface area (Å²) in [6.45, 7) is 1.49. The monoisotopic (exact) mass is 357 g/mol. The van der Waals surface area contributed by atoms with E-state index < -0.39 is 0 Å². The van der Waals surface area contributed by atoms with Crippen LogP contribution in [-0.2, 0) is 9.53 Å². The van der Waals surface area contributed by atoms with Crippen LogP contribution in [0.5, 0.6) is 5.75 Å². The van der Waals surface area contributed by atoms with Crippen LogP contribution < -0.4 is 10.1 Å². The lowest BCUT2D eigenvalue weighted by Crippen LogP contribution is -2.54. The molecular weight excluding hydrogens is 330 g/mol. The number of nitriles is 1. The van der Waals surface area contributed by atoms with E-state index in [1.54, 1.807) is 24.3 Å². The van der Waals surface area contributed by atoms with E-state index in [4.69, 9.17) is 14.7 Å². The number of ether oxygens (including phenoxy) is 2. The Balaban J connectivity index is 1.54. The van der Waals surface area contributed by atoms with Crippen LogP contribution in [0.25, 0.3) is 0 Å². The van der Waals surface area contributed by atoms with Crippen LogP contribution in [0.2, 0.25) is 0 Å². The molecule has 6 heteroatoms. The summed E-state index contributed by atoms with van der Waals surface area (Å²) in [5.74, 6) is 0.724. The zero-order valence-corrected chi connectivity index (χ0v) is 15.3. The number of hydrogen-bond donors (Lipinski definition) is 1. The number of benzene rings is 1. The summed E-state index contributed by atoms with van der Waals surface area (Å²) in [6.07, 6.45) is 5.48. The number of rotatable bonds is 6. The Morgan fingerprint density at radius 1 is 1.31 bits per heavy atom. The van der Waals surface area contributed by atoms with Crippen molar-refractivity contribution in [2.75, 3.05) is 26.8 Å². The number of nitrogens with zero attached hydrogens (tertiary/aromatic N) is 2. The molecule has 3 rings (SSSR count). The molecule has 140 valence electrons. The molecule has 2 aliphatic rings. The predicted molar refractivity (Wildman–Crippen MR) is 97.8 cm³/mol. The Labute approximate surface area is 155 Å². The first-order valence-electron chi connectivity index (χ1n) is 9.40. The fourth-order valence-corrected chi connectivity index (χ4v) is 3.73. The highest BCUT2D eigenvalue weighted by Crippen LogP contribution is 2.22. The lowest BCUT2D eigenvalue weighted by molar-refractivity contribution is -0.125. The first-order valence-corrected chi connectivity index (χ1v) is 9.40. The summed E-state index contributed by atoms with van der Waals surface area (Å²) in [6, 6.07) is 9.51. The minimum atomic E-state index is -0.163. The van der Waals surface area contributed by atoms with Crippen LogP contribution in [0.4, 0.5) is 0 Å². The van der Waals surface area contributed by atoms with Crippen molar-refractivity contribution in [1.29, 1.82) is 5.26 Å². The van der Waals surface area contributed by atoms with Crippen molar-refractivity contribution >= 4 is 5.91 Å². The van der Waals surface area contributed by atoms with Gasteiger partial charge < -0.3 is 14.8 Å². The maximum atomic E-state index is 12.5. The molecule has 1 N–H and O–H groups in total. The summed E-state index contributed by atoms with van der Waals surface area (Å²) < 4.78 is 11.6. The summed E-state index contributed by atoms with van der Waals surface area (Å²) in [5, 5.41) is 12.0. The van der Waals surface area contributed by atoms with E-state index in [-0.39, 0.29) is 18.1 Å². The molecule has 0 spiro atoms. The maximum Gasteiger partial charge on any atom is 0.234 e. The normalized spacial score (nSPS) is 23.6. The van der Waals surface area contributed by atoms with Gasteiger partial charge in [-0.2, -0.15) is 5.26 Å². The lowest BCUT2D eigenvalue weighted by Gasteiger charge is -2.33. The van der Waals surface area contributed by atoms with E-state index in [1.165, 1.54) is 25.7 Å². The van der Waals surface area contributed by atoms with Gasteiger partial charge in [-0.25, -0.2) is 0 Å². The van der Waals surface area contributed by atoms with Gasteiger partial charge in [0, 0.05) is 12.5 Å². The molecule has 1 aromatic carbocycles. The molecule has 1 saturated carbocycles. The Morgan fingerprint density at radius 2 is 2.04 bits per heavy atom. The number of amides is 1. The molecule has 26 heavy (non-hydrogen) atoms. The fraction of sp³-hybridized carbons (Fsp3) is 0.600. The SMILES string of the molecule is CN(CC(=O)N[C@@H]1COCC[C@H]1Oc1ccc(C#N)cc1)C1CCCC1. The smallest absolute Gasteiger partial charge is 0.234 e. The van der Waals surface area contributed by atoms with Gasteiger partial charge in [0.05, 0.1) is 37.4 Å². The van der Waals surface area contributed by atoms with Crippen molar-refractivity contribution in [3.63, 3.8) is 0 Å². The molecule has 2 atom stereocenters. The second-order valence-electron chi connectivity index (χ2n) is 7.18. The second kappa shape index (κ2) is 9.02. The summed E-state index contributed by atoms with van der Waals surface area (Å²) in [5.41, 5.74) is 0.601. The van der Waals surface area contributed by atoms with E-state index in [1.807, 2.05) is 7.05 Å². The molecule has 1 amide bonds. The zero-order chi connectivity index (χ0) is 18.4. The third-order valence-corrected chi connectivity index (χ3v) is 5.25. The van der Waals surface area contributed by atoms with E-state index >= 15 is 0 Å². The van der Waals surface area contributed by atoms with Crippen molar-refractivity contribution < 1.29 is 14.3 Å². The van der Waals surface area contributed by atoms with E-state index in [9.17, 15) is 4.79 Å². The highest BCUT2D eigenvalue weighted by atomic mass is 16.5. The molecule has 0 bridgehead atoms. The van der Waals surface area contributed by atoms with Gasteiger partial charge in [0.1, 0.15) is 11.9 Å². The van der Waals surface area contributed by atoms with Gasteiger partial charge in [-0.1, -0.05) is 12.8 Å². The van der Waals surface area contributed by atoms with Gasteiger partial charge in [-0.15, -0.1) is 0 Å². The Bertz CT molecular complexity index is 635. The van der Waals surface area contributed by atoms with E-state index in [2.05, 4.69) is 16.3 Å². The molecule has 1 heterocycles. The third kappa shape index (κ3) is 4.96. The zero-order valence-electron chi connectivity index (χ0n) is 15.3. The van der Waals surface area contributed by atoms with Gasteiger partial charge in [-0.3, -0.25) is 9.69 Å². The molecule has 0 radical (unpaired) electrons. The van der Waals surface area contributed by atoms with Crippen LogP contribution in [0, 0.1) is 11.3 Å². The number of hydrogen-bond acceptors (Lipinski definition) is 5. The Kier molecular flexibility index (Phi) is 6.48. The molecule has 1 saturated heterocycles. The first kappa shape index (κ1) is 18.7. The van der Waals surface area contributed by atoms with Crippen LogP contribution in [0.3, 0.4) is 0 Å². The van der Waals surface area contributed by atoms with Crippen molar-refractivity contribution in [3.05, 3.63) is 29.8 Å². The van der Waals surface area contributed by atoms with Gasteiger partial charge >= 0.3 is 0 Å². The topological polar surface area (TPSA) is 74.6 Å². The molecule has 6 nitrogen and oxygen atoms in total. The van der Waals surface area contributed by atoms with Crippen LogP contribution in [0.15, 0.2) is 24.3 Å². The van der Waals surface area contributed by atoms with Crippen molar-refractivity contribution in [2.24, 2.45) is 0 Å². The van der Waals surface area contributed by atoms with Gasteiger partial charge in [-0.05, 0) is 44.2 Å². The summed E-state index contributed by atoms with van der Waals surface area (Å²) >= 11 is 0. The highest BCUT2D eigenvalue weighted by Gasteiger charge is 2.30. The maximum absolute atomic E-state index is 12.5. The molecular formula is C20H27N3O3. The lowest BCUT2D eigenvalue weighted by atomic mass is 10.1. The first-order chi connectivity index (χ1) is 12.7.